The maximum atomic E-state index is 13.0. The number of nitrogens with zero attached hydrogens (tertiary/aromatic N) is 1. The molecular formula is C10H9FN2O2. The van der Waals surface area contributed by atoms with Crippen molar-refractivity contribution in [3.63, 3.8) is 0 Å². The Bertz CT molecular complexity index is 445. The van der Waals surface area contributed by atoms with Gasteiger partial charge in [0.15, 0.2) is 0 Å². The molecule has 1 fully saturated rings. The molecule has 0 saturated carbocycles. The van der Waals surface area contributed by atoms with Crippen molar-refractivity contribution in [3.05, 3.63) is 29.6 Å². The Balaban J connectivity index is 2.41. The van der Waals surface area contributed by atoms with Crippen molar-refractivity contribution in [1.29, 1.82) is 0 Å². The Morgan fingerprint density at radius 3 is 2.73 bits per heavy atom. The van der Waals surface area contributed by atoms with Gasteiger partial charge in [-0.05, 0) is 24.6 Å². The molecule has 1 aromatic rings. The normalized spacial score (nSPS) is 15.7. The van der Waals surface area contributed by atoms with Crippen LogP contribution in [0, 0.1) is 12.7 Å². The Hall–Kier alpha value is -1.91. The van der Waals surface area contributed by atoms with Crippen molar-refractivity contribution in [2.75, 3.05) is 11.4 Å². The maximum absolute atomic E-state index is 13.0. The summed E-state index contributed by atoms with van der Waals surface area (Å²) < 4.78 is 13.0. The number of aryl methyl sites for hydroxylation is 1. The van der Waals surface area contributed by atoms with Crippen LogP contribution in [0.3, 0.4) is 0 Å². The average molecular weight is 208 g/mol. The third kappa shape index (κ3) is 1.68. The number of halogens is 1. The van der Waals surface area contributed by atoms with Gasteiger partial charge in [0.2, 0.25) is 5.91 Å². The Morgan fingerprint density at radius 1 is 1.40 bits per heavy atom. The topological polar surface area (TPSA) is 49.4 Å². The highest BCUT2D eigenvalue weighted by Gasteiger charge is 2.28. The first-order chi connectivity index (χ1) is 7.08. The van der Waals surface area contributed by atoms with E-state index in [2.05, 4.69) is 5.32 Å². The number of hydrogen-bond donors (Lipinski definition) is 1. The van der Waals surface area contributed by atoms with E-state index in [-0.39, 0.29) is 12.5 Å². The first kappa shape index (κ1) is 9.64. The molecule has 0 radical (unpaired) electrons. The van der Waals surface area contributed by atoms with Crippen LogP contribution in [-0.4, -0.2) is 18.5 Å². The summed E-state index contributed by atoms with van der Waals surface area (Å²) in [5.74, 6) is -0.800. The lowest BCUT2D eigenvalue weighted by Crippen LogP contribution is -2.28. The van der Waals surface area contributed by atoms with Crippen LogP contribution in [0.4, 0.5) is 14.9 Å². The summed E-state index contributed by atoms with van der Waals surface area (Å²) in [6, 6.07) is 3.62. The van der Waals surface area contributed by atoms with Crippen molar-refractivity contribution in [2.24, 2.45) is 0 Å². The largest absolute Gasteiger partial charge is 0.329 e. The second-order valence-corrected chi connectivity index (χ2v) is 3.37. The van der Waals surface area contributed by atoms with Crippen LogP contribution < -0.4 is 10.2 Å². The molecule has 0 bridgehead atoms. The summed E-state index contributed by atoms with van der Waals surface area (Å²) in [5.41, 5.74) is 1.18. The van der Waals surface area contributed by atoms with Crippen LogP contribution in [-0.2, 0) is 4.79 Å². The molecule has 0 unspecified atom stereocenters. The van der Waals surface area contributed by atoms with Gasteiger partial charge in [-0.15, -0.1) is 0 Å². The zero-order chi connectivity index (χ0) is 11.0. The molecule has 1 aliphatic heterocycles. The number of hydrogen-bond acceptors (Lipinski definition) is 2. The van der Waals surface area contributed by atoms with Gasteiger partial charge >= 0.3 is 6.03 Å². The fraction of sp³-hybridized carbons (Fsp3) is 0.200. The quantitative estimate of drug-likeness (QED) is 0.705. The second kappa shape index (κ2) is 3.34. The number of carbonyl (C=O) groups is 2. The van der Waals surface area contributed by atoms with Crippen LogP contribution in [0.2, 0.25) is 0 Å². The molecule has 0 aromatic heterocycles. The highest BCUT2D eigenvalue weighted by atomic mass is 19.1. The number of anilines is 1. The number of imide groups is 1. The lowest BCUT2D eigenvalue weighted by Gasteiger charge is -2.15. The van der Waals surface area contributed by atoms with E-state index in [4.69, 9.17) is 0 Å². The lowest BCUT2D eigenvalue weighted by molar-refractivity contribution is -0.117. The molecule has 0 spiro atoms. The van der Waals surface area contributed by atoms with Gasteiger partial charge in [-0.3, -0.25) is 15.0 Å². The molecule has 4 nitrogen and oxygen atoms in total. The second-order valence-electron chi connectivity index (χ2n) is 3.37. The van der Waals surface area contributed by atoms with Crippen LogP contribution in [0.5, 0.6) is 0 Å². The van der Waals surface area contributed by atoms with Crippen molar-refractivity contribution in [1.82, 2.24) is 5.32 Å². The summed E-state index contributed by atoms with van der Waals surface area (Å²) in [4.78, 5) is 23.5. The Labute approximate surface area is 85.7 Å². The number of carbonyl (C=O) groups excluding carboxylic acids is 2. The molecule has 5 heteroatoms. The van der Waals surface area contributed by atoms with E-state index in [0.717, 1.165) is 5.56 Å². The fourth-order valence-corrected chi connectivity index (χ4v) is 1.51. The third-order valence-electron chi connectivity index (χ3n) is 2.26. The Morgan fingerprint density at radius 2 is 2.13 bits per heavy atom. The van der Waals surface area contributed by atoms with Crippen LogP contribution in [0.1, 0.15) is 5.56 Å². The average Bonchev–Trinajstić information content (AvgIpc) is 2.50. The summed E-state index contributed by atoms with van der Waals surface area (Å²) in [7, 11) is 0. The van der Waals surface area contributed by atoms with E-state index in [9.17, 15) is 14.0 Å². The summed E-state index contributed by atoms with van der Waals surface area (Å²) in [6.07, 6.45) is 0. The SMILES string of the molecule is Cc1ccc(F)cc1N1CC(=O)NC1=O. The smallest absolute Gasteiger partial charge is 0.284 e. The molecule has 1 aromatic carbocycles. The zero-order valence-electron chi connectivity index (χ0n) is 8.08. The van der Waals surface area contributed by atoms with Gasteiger partial charge < -0.3 is 0 Å². The molecule has 1 heterocycles. The molecular weight excluding hydrogens is 199 g/mol. The Kier molecular flexibility index (Phi) is 2.15. The third-order valence-corrected chi connectivity index (χ3v) is 2.26. The molecule has 0 atom stereocenters. The van der Waals surface area contributed by atoms with Crippen LogP contribution in [0.25, 0.3) is 0 Å². The summed E-state index contributed by atoms with van der Waals surface area (Å²) in [5, 5.41) is 2.14. The van der Waals surface area contributed by atoms with E-state index in [0.29, 0.717) is 5.69 Å². The predicted octanol–water partition coefficient (Wildman–Crippen LogP) is 1.19. The van der Waals surface area contributed by atoms with Crippen molar-refractivity contribution < 1.29 is 14.0 Å². The van der Waals surface area contributed by atoms with Gasteiger partial charge in [-0.1, -0.05) is 6.07 Å². The standard InChI is InChI=1S/C10H9FN2O2/c1-6-2-3-7(11)4-8(6)13-5-9(14)12-10(13)15/h2-4H,5H2,1H3,(H,12,14,15). The molecule has 15 heavy (non-hydrogen) atoms. The summed E-state index contributed by atoms with van der Waals surface area (Å²) in [6.45, 7) is 1.70. The van der Waals surface area contributed by atoms with Gasteiger partial charge in [0, 0.05) is 0 Å². The highest BCUT2D eigenvalue weighted by molar-refractivity contribution is 6.12. The molecule has 1 saturated heterocycles. The van der Waals surface area contributed by atoms with Gasteiger partial charge in [-0.2, -0.15) is 0 Å². The number of amides is 3. The first-order valence-corrected chi connectivity index (χ1v) is 4.45. The van der Waals surface area contributed by atoms with Gasteiger partial charge in [0.05, 0.1) is 5.69 Å². The monoisotopic (exact) mass is 208 g/mol. The summed E-state index contributed by atoms with van der Waals surface area (Å²) >= 11 is 0. The molecule has 78 valence electrons. The minimum absolute atomic E-state index is 0.0525. The molecule has 1 N–H and O–H groups in total. The molecule has 1 aliphatic rings. The maximum Gasteiger partial charge on any atom is 0.329 e. The molecule has 0 aliphatic carbocycles. The van der Waals surface area contributed by atoms with Crippen LogP contribution in [0.15, 0.2) is 18.2 Å². The minimum Gasteiger partial charge on any atom is -0.284 e. The first-order valence-electron chi connectivity index (χ1n) is 4.45. The van der Waals surface area contributed by atoms with E-state index in [1.165, 1.54) is 17.0 Å². The number of urea groups is 1. The molecule has 2 rings (SSSR count). The van der Waals surface area contributed by atoms with E-state index in [1.807, 2.05) is 0 Å². The van der Waals surface area contributed by atoms with E-state index >= 15 is 0 Å². The van der Waals surface area contributed by atoms with Gasteiger partial charge in [-0.25, -0.2) is 9.18 Å². The van der Waals surface area contributed by atoms with E-state index < -0.39 is 11.8 Å². The number of nitrogens with one attached hydrogen (secondary N) is 1. The van der Waals surface area contributed by atoms with Crippen molar-refractivity contribution in [3.8, 4) is 0 Å². The number of rotatable bonds is 1. The number of benzene rings is 1. The lowest BCUT2D eigenvalue weighted by atomic mass is 10.2. The van der Waals surface area contributed by atoms with Crippen LogP contribution >= 0.6 is 0 Å². The highest BCUT2D eigenvalue weighted by Crippen LogP contribution is 2.22. The predicted molar refractivity (Wildman–Crippen MR) is 52.0 cm³/mol. The molecule has 3 amide bonds. The van der Waals surface area contributed by atoms with Gasteiger partial charge in [0.1, 0.15) is 12.4 Å². The van der Waals surface area contributed by atoms with Crippen molar-refractivity contribution in [2.45, 2.75) is 6.92 Å². The van der Waals surface area contributed by atoms with Crippen molar-refractivity contribution >= 4 is 17.6 Å². The van der Waals surface area contributed by atoms with Gasteiger partial charge in [0.25, 0.3) is 0 Å². The van der Waals surface area contributed by atoms with E-state index in [1.54, 1.807) is 13.0 Å². The minimum atomic E-state index is -0.506. The fourth-order valence-electron chi connectivity index (χ4n) is 1.51. The zero-order valence-corrected chi connectivity index (χ0v) is 8.08.